The first-order chi connectivity index (χ1) is 9.08. The van der Waals surface area contributed by atoms with Crippen LogP contribution in [0.5, 0.6) is 5.75 Å². The third kappa shape index (κ3) is 3.02. The molecule has 2 rings (SSSR count). The van der Waals surface area contributed by atoms with Crippen LogP contribution in [-0.4, -0.2) is 18.7 Å². The van der Waals surface area contributed by atoms with Crippen molar-refractivity contribution in [2.75, 3.05) is 7.05 Å². The van der Waals surface area contributed by atoms with Gasteiger partial charge in [0.2, 0.25) is 0 Å². The number of rotatable bonds is 3. The fourth-order valence-corrected chi connectivity index (χ4v) is 2.46. The van der Waals surface area contributed by atoms with Crippen molar-refractivity contribution in [1.82, 2.24) is 5.32 Å². The Kier molecular flexibility index (Phi) is 4.01. The Bertz CT molecular complexity index is 501. The lowest BCUT2D eigenvalue weighted by Gasteiger charge is -2.35. The Morgan fingerprint density at radius 3 is 2.89 bits per heavy atom. The molecule has 1 saturated carbocycles. The van der Waals surface area contributed by atoms with Gasteiger partial charge in [-0.3, -0.25) is 0 Å². The highest BCUT2D eigenvalue weighted by Gasteiger charge is 2.36. The Balaban J connectivity index is 2.09. The smallest absolute Gasteiger partial charge is 0.167 e. The summed E-state index contributed by atoms with van der Waals surface area (Å²) in [6.07, 6.45) is 2.62. The molecule has 3 nitrogen and oxygen atoms in total. The fraction of sp³-hybridized carbons (Fsp3) is 0.500. The average Bonchev–Trinajstić information content (AvgIpc) is 2.42. The zero-order valence-electron chi connectivity index (χ0n) is 10.7. The molecule has 0 amide bonds. The number of nitrogens with one attached hydrogen (secondary N) is 1. The van der Waals surface area contributed by atoms with Crippen LogP contribution >= 0.6 is 0 Å². The van der Waals surface area contributed by atoms with E-state index in [1.165, 1.54) is 6.07 Å². The van der Waals surface area contributed by atoms with Gasteiger partial charge >= 0.3 is 0 Å². The summed E-state index contributed by atoms with van der Waals surface area (Å²) in [6, 6.07) is 5.51. The molecule has 2 atom stereocenters. The van der Waals surface area contributed by atoms with E-state index in [4.69, 9.17) is 4.74 Å². The van der Waals surface area contributed by atoms with Crippen LogP contribution in [0, 0.1) is 23.0 Å². The van der Waals surface area contributed by atoms with Crippen molar-refractivity contribution in [2.24, 2.45) is 0 Å². The molecule has 0 saturated heterocycles. The van der Waals surface area contributed by atoms with Gasteiger partial charge in [0.1, 0.15) is 17.5 Å². The SMILES string of the molecule is CNC1(C#N)CCCC(Oc2ccc(F)cc2F)C1. The summed E-state index contributed by atoms with van der Waals surface area (Å²) in [5, 5.41) is 12.2. The maximum absolute atomic E-state index is 13.5. The third-order valence-electron chi connectivity index (χ3n) is 3.59. The second-order valence-electron chi connectivity index (χ2n) is 4.85. The van der Waals surface area contributed by atoms with Crippen molar-refractivity contribution >= 4 is 0 Å². The molecule has 0 bridgehead atoms. The van der Waals surface area contributed by atoms with Gasteiger partial charge < -0.3 is 10.1 Å². The summed E-state index contributed by atoms with van der Waals surface area (Å²) >= 11 is 0. The minimum atomic E-state index is -0.711. The van der Waals surface area contributed by atoms with Crippen LogP contribution in [0.1, 0.15) is 25.7 Å². The molecule has 19 heavy (non-hydrogen) atoms. The van der Waals surface area contributed by atoms with Crippen molar-refractivity contribution in [1.29, 1.82) is 5.26 Å². The van der Waals surface area contributed by atoms with E-state index in [0.717, 1.165) is 31.4 Å². The molecule has 0 heterocycles. The number of nitriles is 1. The van der Waals surface area contributed by atoms with Crippen LogP contribution in [0.3, 0.4) is 0 Å². The van der Waals surface area contributed by atoms with Crippen molar-refractivity contribution < 1.29 is 13.5 Å². The van der Waals surface area contributed by atoms with Crippen LogP contribution in [0.25, 0.3) is 0 Å². The van der Waals surface area contributed by atoms with Gasteiger partial charge in [-0.05, 0) is 38.4 Å². The molecule has 0 aromatic heterocycles. The summed E-state index contributed by atoms with van der Waals surface area (Å²) in [5.41, 5.74) is -0.612. The Hall–Kier alpha value is -1.67. The summed E-state index contributed by atoms with van der Waals surface area (Å²) < 4.78 is 31.9. The number of benzene rings is 1. The van der Waals surface area contributed by atoms with E-state index in [-0.39, 0.29) is 11.9 Å². The molecular weight excluding hydrogens is 250 g/mol. The zero-order valence-corrected chi connectivity index (χ0v) is 10.7. The van der Waals surface area contributed by atoms with E-state index < -0.39 is 17.2 Å². The first kappa shape index (κ1) is 13.8. The van der Waals surface area contributed by atoms with Gasteiger partial charge in [0.25, 0.3) is 0 Å². The molecule has 1 aliphatic rings. The molecule has 0 aliphatic heterocycles. The largest absolute Gasteiger partial charge is 0.487 e. The normalized spacial score (nSPS) is 26.7. The van der Waals surface area contributed by atoms with Gasteiger partial charge in [0.15, 0.2) is 11.6 Å². The quantitative estimate of drug-likeness (QED) is 0.915. The second-order valence-corrected chi connectivity index (χ2v) is 4.85. The summed E-state index contributed by atoms with van der Waals surface area (Å²) in [5.74, 6) is -1.30. The average molecular weight is 266 g/mol. The fourth-order valence-electron chi connectivity index (χ4n) is 2.46. The first-order valence-electron chi connectivity index (χ1n) is 6.30. The third-order valence-corrected chi connectivity index (χ3v) is 3.59. The lowest BCUT2D eigenvalue weighted by Crippen LogP contribution is -2.48. The van der Waals surface area contributed by atoms with E-state index in [9.17, 15) is 14.0 Å². The van der Waals surface area contributed by atoms with E-state index in [0.29, 0.717) is 6.42 Å². The van der Waals surface area contributed by atoms with Gasteiger partial charge in [-0.25, -0.2) is 8.78 Å². The molecular formula is C14H16F2N2O. The predicted molar refractivity (Wildman–Crippen MR) is 66.6 cm³/mol. The van der Waals surface area contributed by atoms with Crippen LogP contribution in [-0.2, 0) is 0 Å². The minimum Gasteiger partial charge on any atom is -0.487 e. The van der Waals surface area contributed by atoms with Gasteiger partial charge in [0.05, 0.1) is 6.07 Å². The number of nitrogens with zero attached hydrogens (tertiary/aromatic N) is 1. The molecule has 102 valence electrons. The van der Waals surface area contributed by atoms with Gasteiger partial charge in [-0.2, -0.15) is 5.26 Å². The second kappa shape index (κ2) is 5.54. The van der Waals surface area contributed by atoms with Crippen LogP contribution in [0.4, 0.5) is 8.78 Å². The van der Waals surface area contributed by atoms with Gasteiger partial charge in [-0.1, -0.05) is 0 Å². The minimum absolute atomic E-state index is 0.0382. The molecule has 2 unspecified atom stereocenters. The molecule has 1 N–H and O–H groups in total. The molecule has 1 aromatic rings. The number of halogens is 2. The van der Waals surface area contributed by atoms with E-state index in [1.54, 1.807) is 7.05 Å². The standard InChI is InChI=1S/C14H16F2N2O/c1-18-14(9-17)6-2-3-11(8-14)19-13-5-4-10(15)7-12(13)16/h4-5,7,11,18H,2-3,6,8H2,1H3. The Labute approximate surface area is 111 Å². The van der Waals surface area contributed by atoms with Crippen LogP contribution in [0.15, 0.2) is 18.2 Å². The lowest BCUT2D eigenvalue weighted by atomic mass is 9.81. The molecule has 1 aliphatic carbocycles. The molecule has 1 aromatic carbocycles. The Morgan fingerprint density at radius 2 is 2.26 bits per heavy atom. The summed E-state index contributed by atoms with van der Waals surface area (Å²) in [4.78, 5) is 0. The van der Waals surface area contributed by atoms with Crippen molar-refractivity contribution in [3.8, 4) is 11.8 Å². The van der Waals surface area contributed by atoms with Crippen molar-refractivity contribution in [3.05, 3.63) is 29.8 Å². The van der Waals surface area contributed by atoms with Gasteiger partial charge in [-0.15, -0.1) is 0 Å². The topological polar surface area (TPSA) is 45.0 Å². The molecule has 1 fully saturated rings. The zero-order chi connectivity index (χ0) is 13.9. The van der Waals surface area contributed by atoms with E-state index in [2.05, 4.69) is 11.4 Å². The number of ether oxygens (including phenoxy) is 1. The van der Waals surface area contributed by atoms with Crippen molar-refractivity contribution in [3.63, 3.8) is 0 Å². The highest BCUT2D eigenvalue weighted by Crippen LogP contribution is 2.31. The molecule has 0 radical (unpaired) electrons. The lowest BCUT2D eigenvalue weighted by molar-refractivity contribution is 0.111. The van der Waals surface area contributed by atoms with Gasteiger partial charge in [0, 0.05) is 12.5 Å². The van der Waals surface area contributed by atoms with E-state index in [1.807, 2.05) is 0 Å². The summed E-state index contributed by atoms with van der Waals surface area (Å²) in [7, 11) is 1.74. The number of hydrogen-bond donors (Lipinski definition) is 1. The summed E-state index contributed by atoms with van der Waals surface area (Å²) in [6.45, 7) is 0. The highest BCUT2D eigenvalue weighted by atomic mass is 19.1. The van der Waals surface area contributed by atoms with Crippen LogP contribution < -0.4 is 10.1 Å². The highest BCUT2D eigenvalue weighted by molar-refractivity contribution is 5.25. The monoisotopic (exact) mass is 266 g/mol. The maximum Gasteiger partial charge on any atom is 0.167 e. The maximum atomic E-state index is 13.5. The molecule has 5 heteroatoms. The van der Waals surface area contributed by atoms with Crippen molar-refractivity contribution in [2.45, 2.75) is 37.3 Å². The van der Waals surface area contributed by atoms with E-state index >= 15 is 0 Å². The number of hydrogen-bond acceptors (Lipinski definition) is 3. The Morgan fingerprint density at radius 1 is 1.47 bits per heavy atom. The predicted octanol–water partition coefficient (Wildman–Crippen LogP) is 2.77. The van der Waals surface area contributed by atoms with Crippen LogP contribution in [0.2, 0.25) is 0 Å². The molecule has 0 spiro atoms. The first-order valence-corrected chi connectivity index (χ1v) is 6.30.